The monoisotopic (exact) mass is 203 g/mol. The highest BCUT2D eigenvalue weighted by atomic mass is 32.1. The molecule has 0 amide bonds. The van der Waals surface area contributed by atoms with Crippen molar-refractivity contribution in [3.05, 3.63) is 0 Å². The van der Waals surface area contributed by atoms with Crippen LogP contribution in [-0.4, -0.2) is 30.3 Å². The Bertz CT molecular complexity index is 115. The summed E-state index contributed by atoms with van der Waals surface area (Å²) >= 11 is 4.20. The molecule has 0 rings (SSSR count). The lowest BCUT2D eigenvalue weighted by molar-refractivity contribution is 0.204. The number of thiol groups is 1. The second-order valence-electron chi connectivity index (χ2n) is 4.25. The van der Waals surface area contributed by atoms with E-state index in [1.165, 1.54) is 25.8 Å². The molecule has 0 saturated carbocycles. The van der Waals surface area contributed by atoms with Gasteiger partial charge >= 0.3 is 0 Å². The Morgan fingerprint density at radius 3 is 2.15 bits per heavy atom. The van der Waals surface area contributed by atoms with Gasteiger partial charge in [-0.05, 0) is 45.0 Å². The lowest BCUT2D eigenvalue weighted by atomic mass is 10.0. The highest BCUT2D eigenvalue weighted by Gasteiger charge is 2.11. The third-order valence-electron chi connectivity index (χ3n) is 2.83. The molecule has 0 N–H and O–H groups in total. The molecule has 0 radical (unpaired) electrons. The van der Waals surface area contributed by atoms with Gasteiger partial charge in [-0.15, -0.1) is 0 Å². The zero-order chi connectivity index (χ0) is 10.3. The van der Waals surface area contributed by atoms with E-state index in [2.05, 4.69) is 45.3 Å². The summed E-state index contributed by atoms with van der Waals surface area (Å²) in [5, 5.41) is 0. The van der Waals surface area contributed by atoms with Crippen LogP contribution in [0.1, 0.15) is 40.0 Å². The van der Waals surface area contributed by atoms with Crippen molar-refractivity contribution in [2.45, 2.75) is 46.1 Å². The summed E-state index contributed by atoms with van der Waals surface area (Å²) < 4.78 is 0. The average Bonchev–Trinajstić information content (AvgIpc) is 2.10. The molecule has 1 nitrogen and oxygen atoms in total. The minimum absolute atomic E-state index is 0.705. The number of nitrogens with zero attached hydrogens (tertiary/aromatic N) is 1. The molecule has 80 valence electrons. The van der Waals surface area contributed by atoms with Crippen LogP contribution in [0.15, 0.2) is 0 Å². The molecule has 0 bridgehead atoms. The first-order chi connectivity index (χ1) is 6.09. The molecule has 0 aliphatic carbocycles. The average molecular weight is 203 g/mol. The first-order valence-corrected chi connectivity index (χ1v) is 6.04. The van der Waals surface area contributed by atoms with Crippen LogP contribution < -0.4 is 0 Å². The molecule has 0 fully saturated rings. The molecule has 1 unspecified atom stereocenters. The second kappa shape index (κ2) is 7.69. The third kappa shape index (κ3) is 6.39. The number of hydrogen-bond acceptors (Lipinski definition) is 2. The van der Waals surface area contributed by atoms with Crippen molar-refractivity contribution in [2.24, 2.45) is 5.92 Å². The molecule has 0 heterocycles. The quantitative estimate of drug-likeness (QED) is 0.492. The fourth-order valence-electron chi connectivity index (χ4n) is 1.36. The fourth-order valence-corrected chi connectivity index (χ4v) is 1.59. The standard InChI is InChI=1S/C11H25NS/c1-10(2)11(3)12(4)8-6-5-7-9-13/h10-11,13H,5-9H2,1-4H3. The van der Waals surface area contributed by atoms with Gasteiger partial charge in [-0.25, -0.2) is 0 Å². The topological polar surface area (TPSA) is 3.24 Å². The molecule has 0 aliphatic heterocycles. The van der Waals surface area contributed by atoms with Crippen LogP contribution >= 0.6 is 12.6 Å². The fraction of sp³-hybridized carbons (Fsp3) is 1.00. The minimum atomic E-state index is 0.705. The summed E-state index contributed by atoms with van der Waals surface area (Å²) in [7, 11) is 2.23. The van der Waals surface area contributed by atoms with Gasteiger partial charge in [-0.2, -0.15) is 12.6 Å². The van der Waals surface area contributed by atoms with E-state index in [9.17, 15) is 0 Å². The molecular weight excluding hydrogens is 178 g/mol. The molecular formula is C11H25NS. The molecule has 13 heavy (non-hydrogen) atoms. The van der Waals surface area contributed by atoms with E-state index in [-0.39, 0.29) is 0 Å². The first-order valence-electron chi connectivity index (χ1n) is 5.40. The van der Waals surface area contributed by atoms with Crippen LogP contribution in [-0.2, 0) is 0 Å². The largest absolute Gasteiger partial charge is 0.303 e. The maximum absolute atomic E-state index is 4.20. The van der Waals surface area contributed by atoms with Gasteiger partial charge < -0.3 is 4.90 Å². The molecule has 2 heteroatoms. The Labute approximate surface area is 89.3 Å². The van der Waals surface area contributed by atoms with Gasteiger partial charge in [-0.1, -0.05) is 20.3 Å². The lowest BCUT2D eigenvalue weighted by Gasteiger charge is -2.27. The number of unbranched alkanes of at least 4 members (excludes halogenated alkanes) is 2. The number of hydrogen-bond donors (Lipinski definition) is 1. The highest BCUT2D eigenvalue weighted by Crippen LogP contribution is 2.09. The van der Waals surface area contributed by atoms with Gasteiger partial charge in [0.25, 0.3) is 0 Å². The predicted molar refractivity (Wildman–Crippen MR) is 64.6 cm³/mol. The van der Waals surface area contributed by atoms with Gasteiger partial charge in [0, 0.05) is 6.04 Å². The second-order valence-corrected chi connectivity index (χ2v) is 4.70. The highest BCUT2D eigenvalue weighted by molar-refractivity contribution is 7.80. The molecule has 0 aromatic rings. The normalized spacial score (nSPS) is 14.1. The molecule has 0 spiro atoms. The zero-order valence-corrected chi connectivity index (χ0v) is 10.5. The summed E-state index contributed by atoms with van der Waals surface area (Å²) in [6.07, 6.45) is 3.89. The molecule has 1 atom stereocenters. The van der Waals surface area contributed by atoms with E-state index < -0.39 is 0 Å². The summed E-state index contributed by atoms with van der Waals surface area (Å²) in [5.41, 5.74) is 0. The molecule has 0 aromatic carbocycles. The van der Waals surface area contributed by atoms with Crippen molar-refractivity contribution in [3.8, 4) is 0 Å². The van der Waals surface area contributed by atoms with Crippen molar-refractivity contribution < 1.29 is 0 Å². The van der Waals surface area contributed by atoms with Gasteiger partial charge in [0.05, 0.1) is 0 Å². The van der Waals surface area contributed by atoms with Crippen LogP contribution in [0.25, 0.3) is 0 Å². The van der Waals surface area contributed by atoms with Crippen LogP contribution in [0.4, 0.5) is 0 Å². The van der Waals surface area contributed by atoms with Crippen LogP contribution in [0.3, 0.4) is 0 Å². The van der Waals surface area contributed by atoms with Gasteiger partial charge in [0.2, 0.25) is 0 Å². The van der Waals surface area contributed by atoms with E-state index in [4.69, 9.17) is 0 Å². The summed E-state index contributed by atoms with van der Waals surface area (Å²) in [4.78, 5) is 2.46. The summed E-state index contributed by atoms with van der Waals surface area (Å²) in [5.74, 6) is 1.79. The third-order valence-corrected chi connectivity index (χ3v) is 3.15. The maximum Gasteiger partial charge on any atom is 0.00868 e. The van der Waals surface area contributed by atoms with E-state index in [1.807, 2.05) is 0 Å². The Morgan fingerprint density at radius 1 is 1.08 bits per heavy atom. The molecule has 0 aliphatic rings. The van der Waals surface area contributed by atoms with Crippen molar-refractivity contribution in [1.29, 1.82) is 0 Å². The lowest BCUT2D eigenvalue weighted by Crippen LogP contribution is -2.33. The van der Waals surface area contributed by atoms with E-state index in [0.717, 1.165) is 11.7 Å². The SMILES string of the molecule is CC(C)C(C)N(C)CCCCCS. The summed E-state index contributed by atoms with van der Waals surface area (Å²) in [6, 6.07) is 0.705. The van der Waals surface area contributed by atoms with Crippen molar-refractivity contribution >= 4 is 12.6 Å². The van der Waals surface area contributed by atoms with Gasteiger partial charge in [-0.3, -0.25) is 0 Å². The Kier molecular flexibility index (Phi) is 7.87. The van der Waals surface area contributed by atoms with Crippen LogP contribution in [0.2, 0.25) is 0 Å². The van der Waals surface area contributed by atoms with Crippen LogP contribution in [0, 0.1) is 5.92 Å². The first kappa shape index (κ1) is 13.3. The molecule has 0 aromatic heterocycles. The maximum atomic E-state index is 4.20. The molecule has 0 saturated heterocycles. The van der Waals surface area contributed by atoms with E-state index in [0.29, 0.717) is 6.04 Å². The zero-order valence-electron chi connectivity index (χ0n) is 9.58. The smallest absolute Gasteiger partial charge is 0.00868 e. The minimum Gasteiger partial charge on any atom is -0.303 e. The van der Waals surface area contributed by atoms with Crippen LogP contribution in [0.5, 0.6) is 0 Å². The van der Waals surface area contributed by atoms with E-state index in [1.54, 1.807) is 0 Å². The predicted octanol–water partition coefficient (Wildman–Crippen LogP) is 3.06. The van der Waals surface area contributed by atoms with Crippen molar-refractivity contribution in [1.82, 2.24) is 4.90 Å². The Morgan fingerprint density at radius 2 is 1.69 bits per heavy atom. The summed E-state index contributed by atoms with van der Waals surface area (Å²) in [6.45, 7) is 8.11. The van der Waals surface area contributed by atoms with Crippen molar-refractivity contribution in [3.63, 3.8) is 0 Å². The Hall–Kier alpha value is 0.310. The van der Waals surface area contributed by atoms with Gasteiger partial charge in [0.1, 0.15) is 0 Å². The number of rotatable bonds is 7. The van der Waals surface area contributed by atoms with Gasteiger partial charge in [0.15, 0.2) is 0 Å². The van der Waals surface area contributed by atoms with E-state index >= 15 is 0 Å². The Balaban J connectivity index is 3.44. The van der Waals surface area contributed by atoms with Crippen molar-refractivity contribution in [2.75, 3.05) is 19.3 Å².